The van der Waals surface area contributed by atoms with Crippen LogP contribution in [0.1, 0.15) is 18.6 Å². The van der Waals surface area contributed by atoms with Crippen molar-refractivity contribution >= 4 is 0 Å². The van der Waals surface area contributed by atoms with Gasteiger partial charge in [0, 0.05) is 12.7 Å². The molecule has 1 aromatic rings. The van der Waals surface area contributed by atoms with Crippen molar-refractivity contribution in [3.63, 3.8) is 0 Å². The SMILES string of the molecule is COc1ccccc1C(OC)C(C)O. The minimum absolute atomic E-state index is 0.342. The fourth-order valence-corrected chi connectivity index (χ4v) is 1.49. The van der Waals surface area contributed by atoms with Gasteiger partial charge < -0.3 is 14.6 Å². The highest BCUT2D eigenvalue weighted by Crippen LogP contribution is 2.28. The van der Waals surface area contributed by atoms with Crippen LogP contribution in [0.5, 0.6) is 5.75 Å². The van der Waals surface area contributed by atoms with E-state index in [2.05, 4.69) is 0 Å². The first-order valence-corrected chi connectivity index (χ1v) is 4.54. The van der Waals surface area contributed by atoms with E-state index in [1.807, 2.05) is 24.3 Å². The quantitative estimate of drug-likeness (QED) is 0.797. The third-order valence-electron chi connectivity index (χ3n) is 2.14. The molecule has 2 atom stereocenters. The standard InChI is InChI=1S/C11H16O3/c1-8(12)11(14-3)9-6-4-5-7-10(9)13-2/h4-8,11-12H,1-3H3. The van der Waals surface area contributed by atoms with Gasteiger partial charge in [-0.15, -0.1) is 0 Å². The van der Waals surface area contributed by atoms with E-state index in [0.717, 1.165) is 11.3 Å². The van der Waals surface area contributed by atoms with Gasteiger partial charge in [0.05, 0.1) is 13.2 Å². The monoisotopic (exact) mass is 196 g/mol. The lowest BCUT2D eigenvalue weighted by atomic mass is 10.0. The Bertz CT molecular complexity index is 284. The summed E-state index contributed by atoms with van der Waals surface area (Å²) in [6.07, 6.45) is -0.901. The number of aliphatic hydroxyl groups is 1. The Labute approximate surface area is 84.3 Å². The number of benzene rings is 1. The Kier molecular flexibility index (Phi) is 3.92. The average molecular weight is 196 g/mol. The summed E-state index contributed by atoms with van der Waals surface area (Å²) in [6, 6.07) is 7.52. The molecular formula is C11H16O3. The summed E-state index contributed by atoms with van der Waals surface area (Å²) in [5.74, 6) is 0.736. The largest absolute Gasteiger partial charge is 0.496 e. The van der Waals surface area contributed by atoms with Crippen molar-refractivity contribution in [1.29, 1.82) is 0 Å². The highest BCUT2D eigenvalue weighted by atomic mass is 16.5. The van der Waals surface area contributed by atoms with Crippen LogP contribution in [-0.2, 0) is 4.74 Å². The molecule has 3 heteroatoms. The molecule has 0 saturated heterocycles. The third-order valence-corrected chi connectivity index (χ3v) is 2.14. The second-order valence-electron chi connectivity index (χ2n) is 3.14. The number of rotatable bonds is 4. The van der Waals surface area contributed by atoms with Gasteiger partial charge in [-0.05, 0) is 13.0 Å². The van der Waals surface area contributed by atoms with Gasteiger partial charge in [0.15, 0.2) is 0 Å². The van der Waals surface area contributed by atoms with Crippen LogP contribution < -0.4 is 4.74 Å². The van der Waals surface area contributed by atoms with Crippen LogP contribution in [0.2, 0.25) is 0 Å². The van der Waals surface area contributed by atoms with Crippen LogP contribution in [0.25, 0.3) is 0 Å². The van der Waals surface area contributed by atoms with Crippen LogP contribution >= 0.6 is 0 Å². The maximum Gasteiger partial charge on any atom is 0.124 e. The van der Waals surface area contributed by atoms with E-state index >= 15 is 0 Å². The third kappa shape index (κ3) is 2.25. The summed E-state index contributed by atoms with van der Waals surface area (Å²) in [5.41, 5.74) is 0.868. The van der Waals surface area contributed by atoms with Crippen LogP contribution in [-0.4, -0.2) is 25.4 Å². The second-order valence-corrected chi connectivity index (χ2v) is 3.14. The van der Waals surface area contributed by atoms with Crippen molar-refractivity contribution in [1.82, 2.24) is 0 Å². The molecule has 2 unspecified atom stereocenters. The molecule has 0 bridgehead atoms. The van der Waals surface area contributed by atoms with Gasteiger partial charge in [0.25, 0.3) is 0 Å². The van der Waals surface area contributed by atoms with Crippen molar-refractivity contribution in [2.75, 3.05) is 14.2 Å². The van der Waals surface area contributed by atoms with Crippen molar-refractivity contribution in [3.05, 3.63) is 29.8 Å². The van der Waals surface area contributed by atoms with Crippen LogP contribution in [0.3, 0.4) is 0 Å². The number of hydrogen-bond acceptors (Lipinski definition) is 3. The van der Waals surface area contributed by atoms with E-state index in [0.29, 0.717) is 0 Å². The fraction of sp³-hybridized carbons (Fsp3) is 0.455. The Morgan fingerprint density at radius 2 is 1.86 bits per heavy atom. The summed E-state index contributed by atoms with van der Waals surface area (Å²) in [6.45, 7) is 1.70. The second kappa shape index (κ2) is 4.98. The molecule has 78 valence electrons. The topological polar surface area (TPSA) is 38.7 Å². The molecule has 14 heavy (non-hydrogen) atoms. The summed E-state index contributed by atoms with van der Waals surface area (Å²) in [4.78, 5) is 0. The Balaban J connectivity index is 3.02. The maximum atomic E-state index is 9.50. The van der Waals surface area contributed by atoms with Gasteiger partial charge in [0.1, 0.15) is 11.9 Å². The summed E-state index contributed by atoms with van der Waals surface area (Å²) in [5, 5.41) is 9.50. The molecular weight excluding hydrogens is 180 g/mol. The lowest BCUT2D eigenvalue weighted by Gasteiger charge is -2.20. The van der Waals surface area contributed by atoms with E-state index in [1.165, 1.54) is 0 Å². The molecule has 0 aliphatic rings. The molecule has 0 aliphatic heterocycles. The predicted octanol–water partition coefficient (Wildman–Crippen LogP) is 1.76. The van der Waals surface area contributed by atoms with Crippen LogP contribution in [0, 0.1) is 0 Å². The number of aliphatic hydroxyl groups excluding tert-OH is 1. The minimum Gasteiger partial charge on any atom is -0.496 e. The first kappa shape index (κ1) is 11.0. The summed E-state index contributed by atoms with van der Waals surface area (Å²) < 4.78 is 10.4. The molecule has 0 heterocycles. The molecule has 0 saturated carbocycles. The van der Waals surface area contributed by atoms with E-state index in [-0.39, 0.29) is 6.10 Å². The smallest absolute Gasteiger partial charge is 0.124 e. The van der Waals surface area contributed by atoms with Gasteiger partial charge in [-0.2, -0.15) is 0 Å². The van der Waals surface area contributed by atoms with Crippen molar-refractivity contribution < 1.29 is 14.6 Å². The van der Waals surface area contributed by atoms with Gasteiger partial charge in [-0.25, -0.2) is 0 Å². The van der Waals surface area contributed by atoms with E-state index in [4.69, 9.17) is 9.47 Å². The molecule has 0 aliphatic carbocycles. The molecule has 3 nitrogen and oxygen atoms in total. The number of ether oxygens (including phenoxy) is 2. The predicted molar refractivity (Wildman–Crippen MR) is 54.4 cm³/mol. The lowest BCUT2D eigenvalue weighted by molar-refractivity contribution is -0.00473. The highest BCUT2D eigenvalue weighted by molar-refractivity contribution is 5.35. The first-order valence-electron chi connectivity index (χ1n) is 4.54. The zero-order chi connectivity index (χ0) is 10.6. The van der Waals surface area contributed by atoms with Gasteiger partial charge >= 0.3 is 0 Å². The Morgan fingerprint density at radius 3 is 2.36 bits per heavy atom. The molecule has 0 radical (unpaired) electrons. The summed E-state index contributed by atoms with van der Waals surface area (Å²) in [7, 11) is 3.18. The van der Waals surface area contributed by atoms with E-state index < -0.39 is 6.10 Å². The van der Waals surface area contributed by atoms with E-state index in [1.54, 1.807) is 21.1 Å². The van der Waals surface area contributed by atoms with Gasteiger partial charge in [0.2, 0.25) is 0 Å². The van der Waals surface area contributed by atoms with Crippen LogP contribution in [0.4, 0.5) is 0 Å². The normalized spacial score (nSPS) is 14.9. The minimum atomic E-state index is -0.559. The molecule has 1 rings (SSSR count). The Morgan fingerprint density at radius 1 is 1.21 bits per heavy atom. The lowest BCUT2D eigenvalue weighted by Crippen LogP contribution is -2.17. The van der Waals surface area contributed by atoms with Gasteiger partial charge in [-0.3, -0.25) is 0 Å². The van der Waals surface area contributed by atoms with Gasteiger partial charge in [-0.1, -0.05) is 18.2 Å². The Hall–Kier alpha value is -1.06. The van der Waals surface area contributed by atoms with Crippen molar-refractivity contribution in [3.8, 4) is 5.75 Å². The van der Waals surface area contributed by atoms with Crippen molar-refractivity contribution in [2.24, 2.45) is 0 Å². The molecule has 1 aromatic carbocycles. The number of hydrogen-bond donors (Lipinski definition) is 1. The molecule has 0 amide bonds. The molecule has 0 aromatic heterocycles. The van der Waals surface area contributed by atoms with Crippen LogP contribution in [0.15, 0.2) is 24.3 Å². The highest BCUT2D eigenvalue weighted by Gasteiger charge is 2.19. The summed E-state index contributed by atoms with van der Waals surface area (Å²) >= 11 is 0. The zero-order valence-electron chi connectivity index (χ0n) is 8.73. The number of methoxy groups -OCH3 is 2. The molecule has 0 spiro atoms. The number of para-hydroxylation sites is 1. The van der Waals surface area contributed by atoms with E-state index in [9.17, 15) is 5.11 Å². The fourth-order valence-electron chi connectivity index (χ4n) is 1.49. The average Bonchev–Trinajstić information content (AvgIpc) is 2.19. The van der Waals surface area contributed by atoms with Crippen molar-refractivity contribution in [2.45, 2.75) is 19.1 Å². The molecule has 0 fully saturated rings. The zero-order valence-corrected chi connectivity index (χ0v) is 8.73. The molecule has 1 N–H and O–H groups in total. The maximum absolute atomic E-state index is 9.50. The first-order chi connectivity index (χ1) is 6.70.